The number of amides is 1. The Morgan fingerprint density at radius 3 is 2.45 bits per heavy atom. The van der Waals surface area contributed by atoms with Crippen molar-refractivity contribution in [1.29, 1.82) is 0 Å². The summed E-state index contributed by atoms with van der Waals surface area (Å²) in [5.41, 5.74) is 1.45. The predicted molar refractivity (Wildman–Crippen MR) is 85.7 cm³/mol. The first-order valence-corrected chi connectivity index (χ1v) is 7.72. The molecule has 1 N–H and O–H groups in total. The molecule has 0 aliphatic heterocycles. The number of carbonyl (C=O) groups is 1. The molecule has 1 aromatic rings. The normalized spacial score (nSPS) is 10.8. The Bertz CT molecular complexity index is 384. The quantitative estimate of drug-likeness (QED) is 0.501. The fourth-order valence-corrected chi connectivity index (χ4v) is 2.17. The lowest BCUT2D eigenvalue weighted by Crippen LogP contribution is -2.19. The molecule has 0 aliphatic rings. The molecule has 0 bridgehead atoms. The van der Waals surface area contributed by atoms with Gasteiger partial charge in [-0.05, 0) is 31.2 Å². The topological polar surface area (TPSA) is 29.1 Å². The third kappa shape index (κ3) is 9.37. The summed E-state index contributed by atoms with van der Waals surface area (Å²) in [7, 11) is 0. The molecule has 0 saturated carbocycles. The van der Waals surface area contributed by atoms with Crippen LogP contribution in [0.15, 0.2) is 42.5 Å². The fraction of sp³-hybridized carbons (Fsp3) is 0.500. The number of unbranched alkanes of at least 4 members (excludes halogenated alkanes) is 5. The molecule has 1 aromatic carbocycles. The van der Waals surface area contributed by atoms with Crippen LogP contribution in [0, 0.1) is 0 Å². The first-order valence-electron chi connectivity index (χ1n) is 7.72. The summed E-state index contributed by atoms with van der Waals surface area (Å²) in [6.45, 7) is 2.20. The second-order valence-corrected chi connectivity index (χ2v) is 5.20. The van der Waals surface area contributed by atoms with E-state index in [1.807, 2.05) is 6.08 Å². The minimum atomic E-state index is 0.0352. The lowest BCUT2D eigenvalue weighted by atomic mass is 10.0. The molecule has 0 aliphatic carbocycles. The minimum absolute atomic E-state index is 0.0352. The minimum Gasteiger partial charge on any atom is -0.353 e. The molecule has 1 amide bonds. The number of allylic oxidation sites excluding steroid dienone is 1. The molecule has 1 rings (SSSR count). The zero-order valence-corrected chi connectivity index (χ0v) is 12.6. The summed E-state index contributed by atoms with van der Waals surface area (Å²) in [6, 6.07) is 10.7. The highest BCUT2D eigenvalue weighted by Crippen LogP contribution is 2.09. The number of benzene rings is 1. The Labute approximate surface area is 123 Å². The van der Waals surface area contributed by atoms with E-state index in [9.17, 15) is 4.79 Å². The fourth-order valence-electron chi connectivity index (χ4n) is 2.17. The van der Waals surface area contributed by atoms with E-state index in [4.69, 9.17) is 0 Å². The van der Waals surface area contributed by atoms with E-state index in [2.05, 4.69) is 41.7 Å². The van der Waals surface area contributed by atoms with Gasteiger partial charge in [-0.1, -0.05) is 61.7 Å². The van der Waals surface area contributed by atoms with Crippen LogP contribution >= 0.6 is 0 Å². The molecule has 0 unspecified atom stereocenters. The molecular formula is C18H27NO. The summed E-state index contributed by atoms with van der Waals surface area (Å²) in [5, 5.41) is 2.75. The maximum atomic E-state index is 10.6. The van der Waals surface area contributed by atoms with Crippen LogP contribution in [0.4, 0.5) is 0 Å². The van der Waals surface area contributed by atoms with Gasteiger partial charge in [-0.15, -0.1) is 0 Å². The first kappa shape index (κ1) is 16.5. The van der Waals surface area contributed by atoms with E-state index in [0.29, 0.717) is 6.54 Å². The summed E-state index contributed by atoms with van der Waals surface area (Å²) >= 11 is 0. The van der Waals surface area contributed by atoms with Crippen LogP contribution in [-0.4, -0.2) is 12.5 Å². The summed E-state index contributed by atoms with van der Waals surface area (Å²) < 4.78 is 0. The van der Waals surface area contributed by atoms with Crippen molar-refractivity contribution < 1.29 is 4.79 Å². The largest absolute Gasteiger partial charge is 0.353 e. The van der Waals surface area contributed by atoms with Crippen LogP contribution in [0.2, 0.25) is 0 Å². The van der Waals surface area contributed by atoms with Gasteiger partial charge in [-0.3, -0.25) is 4.79 Å². The van der Waals surface area contributed by atoms with Gasteiger partial charge in [0.1, 0.15) is 0 Å². The third-order valence-corrected chi connectivity index (χ3v) is 3.31. The van der Waals surface area contributed by atoms with Gasteiger partial charge in [0.15, 0.2) is 0 Å². The second kappa shape index (κ2) is 11.3. The van der Waals surface area contributed by atoms with Crippen LogP contribution < -0.4 is 5.32 Å². The molecule has 2 heteroatoms. The van der Waals surface area contributed by atoms with Gasteiger partial charge in [0, 0.05) is 13.5 Å². The Balaban J connectivity index is 1.86. The van der Waals surface area contributed by atoms with E-state index in [1.54, 1.807) is 6.92 Å². The Morgan fingerprint density at radius 2 is 1.70 bits per heavy atom. The van der Waals surface area contributed by atoms with Gasteiger partial charge in [-0.25, -0.2) is 0 Å². The smallest absolute Gasteiger partial charge is 0.217 e. The predicted octanol–water partition coefficient (Wildman–Crippen LogP) is 4.26. The lowest BCUT2D eigenvalue weighted by Gasteiger charge is -2.01. The monoisotopic (exact) mass is 273 g/mol. The van der Waals surface area contributed by atoms with E-state index in [0.717, 1.165) is 6.42 Å². The van der Waals surface area contributed by atoms with E-state index in [-0.39, 0.29) is 5.91 Å². The van der Waals surface area contributed by atoms with Gasteiger partial charge in [0.2, 0.25) is 5.91 Å². The Morgan fingerprint density at radius 1 is 1.00 bits per heavy atom. The third-order valence-electron chi connectivity index (χ3n) is 3.31. The van der Waals surface area contributed by atoms with Gasteiger partial charge in [0.25, 0.3) is 0 Å². The highest BCUT2D eigenvalue weighted by molar-refractivity contribution is 5.72. The van der Waals surface area contributed by atoms with Crippen LogP contribution in [0.3, 0.4) is 0 Å². The number of rotatable bonds is 10. The molecule has 0 atom stereocenters. The summed E-state index contributed by atoms with van der Waals surface area (Å²) in [4.78, 5) is 10.6. The van der Waals surface area contributed by atoms with Crippen molar-refractivity contribution in [2.75, 3.05) is 6.54 Å². The molecule has 0 spiro atoms. The highest BCUT2D eigenvalue weighted by Gasteiger charge is 1.93. The maximum Gasteiger partial charge on any atom is 0.217 e. The average Bonchev–Trinajstić information content (AvgIpc) is 2.45. The maximum absolute atomic E-state index is 10.6. The van der Waals surface area contributed by atoms with Gasteiger partial charge < -0.3 is 5.32 Å². The van der Waals surface area contributed by atoms with Crippen molar-refractivity contribution in [3.8, 4) is 0 Å². The molecule has 110 valence electrons. The number of carbonyl (C=O) groups excluding carboxylic acids is 1. The van der Waals surface area contributed by atoms with Crippen LogP contribution in [0.25, 0.3) is 0 Å². The molecule has 20 heavy (non-hydrogen) atoms. The Hall–Kier alpha value is -1.57. The number of aryl methyl sites for hydroxylation is 1. The van der Waals surface area contributed by atoms with Gasteiger partial charge >= 0.3 is 0 Å². The number of nitrogens with one attached hydrogen (secondary N) is 1. The molecule has 0 aromatic heterocycles. The molecule has 0 heterocycles. The van der Waals surface area contributed by atoms with E-state index >= 15 is 0 Å². The van der Waals surface area contributed by atoms with Gasteiger partial charge in [0.05, 0.1) is 0 Å². The van der Waals surface area contributed by atoms with Crippen molar-refractivity contribution in [2.45, 2.75) is 51.9 Å². The van der Waals surface area contributed by atoms with Crippen molar-refractivity contribution in [3.63, 3.8) is 0 Å². The highest BCUT2D eigenvalue weighted by atomic mass is 16.1. The van der Waals surface area contributed by atoms with Crippen LogP contribution in [0.1, 0.15) is 51.0 Å². The van der Waals surface area contributed by atoms with Crippen molar-refractivity contribution >= 4 is 5.91 Å². The molecular weight excluding hydrogens is 246 g/mol. The molecule has 0 fully saturated rings. The number of hydrogen-bond donors (Lipinski definition) is 1. The van der Waals surface area contributed by atoms with E-state index < -0.39 is 0 Å². The zero-order chi connectivity index (χ0) is 14.5. The van der Waals surface area contributed by atoms with Crippen molar-refractivity contribution in [1.82, 2.24) is 5.32 Å². The van der Waals surface area contributed by atoms with Gasteiger partial charge in [-0.2, -0.15) is 0 Å². The Kier molecular flexibility index (Phi) is 9.29. The van der Waals surface area contributed by atoms with E-state index in [1.165, 1.54) is 44.1 Å². The van der Waals surface area contributed by atoms with Crippen LogP contribution in [0.5, 0.6) is 0 Å². The van der Waals surface area contributed by atoms with Crippen LogP contribution in [-0.2, 0) is 11.2 Å². The number of hydrogen-bond acceptors (Lipinski definition) is 1. The lowest BCUT2D eigenvalue weighted by molar-refractivity contribution is -0.118. The molecule has 0 radical (unpaired) electrons. The van der Waals surface area contributed by atoms with Crippen molar-refractivity contribution in [3.05, 3.63) is 48.0 Å². The summed E-state index contributed by atoms with van der Waals surface area (Å²) in [6.07, 6.45) is 13.0. The zero-order valence-electron chi connectivity index (χ0n) is 12.6. The second-order valence-electron chi connectivity index (χ2n) is 5.20. The SMILES string of the molecule is CC(=O)NC/C=C/CCCCCCCc1ccccc1. The average molecular weight is 273 g/mol. The standard InChI is InChI=1S/C18H27NO/c1-17(20)19-16-12-7-5-3-2-4-6-9-13-18-14-10-8-11-15-18/h7-8,10-12,14-15H,2-6,9,13,16H2,1H3,(H,19,20)/b12-7+. The first-order chi connectivity index (χ1) is 9.79. The molecule has 2 nitrogen and oxygen atoms in total. The molecule has 0 saturated heterocycles. The van der Waals surface area contributed by atoms with Crippen molar-refractivity contribution in [2.24, 2.45) is 0 Å². The summed E-state index contributed by atoms with van der Waals surface area (Å²) in [5.74, 6) is 0.0352.